The van der Waals surface area contributed by atoms with Crippen LogP contribution < -0.4 is 5.73 Å². The highest BCUT2D eigenvalue weighted by Crippen LogP contribution is 2.31. The van der Waals surface area contributed by atoms with E-state index in [1.165, 1.54) is 0 Å². The number of benzene rings is 2. The molecule has 2 heterocycles. The third-order valence-corrected chi connectivity index (χ3v) is 5.21. The first-order valence-electron chi connectivity index (χ1n) is 9.29. The molecule has 3 aromatic rings. The molecule has 0 saturated carbocycles. The van der Waals surface area contributed by atoms with Crippen molar-refractivity contribution in [3.05, 3.63) is 66.4 Å². The van der Waals surface area contributed by atoms with Gasteiger partial charge < -0.3 is 15.1 Å². The normalized spacial score (nSPS) is 18.7. The number of nitrogens with two attached hydrogens (primary N) is 1. The number of hydrogen-bond donors (Lipinski definition) is 1. The smallest absolute Gasteiger partial charge is 0.254 e. The molecule has 0 radical (unpaired) electrons. The number of amides is 1. The molecule has 1 saturated heterocycles. The maximum absolute atomic E-state index is 13.2. The lowest BCUT2D eigenvalue weighted by Crippen LogP contribution is -2.34. The van der Waals surface area contributed by atoms with Crippen molar-refractivity contribution in [2.24, 2.45) is 11.7 Å². The van der Waals surface area contributed by atoms with Crippen molar-refractivity contribution in [1.29, 1.82) is 0 Å². The van der Waals surface area contributed by atoms with E-state index in [4.69, 9.17) is 10.2 Å². The molecule has 2 aromatic carbocycles. The molecule has 4 rings (SSSR count). The lowest BCUT2D eigenvalue weighted by molar-refractivity contribution is 0.0744. The minimum Gasteiger partial charge on any atom is -0.436 e. The lowest BCUT2D eigenvalue weighted by Gasteiger charge is -2.22. The van der Waals surface area contributed by atoms with Crippen molar-refractivity contribution < 1.29 is 9.21 Å². The topological polar surface area (TPSA) is 72.4 Å². The molecule has 2 unspecified atom stereocenters. The molecule has 6 heteroatoms. The molecule has 28 heavy (non-hydrogen) atoms. The standard InChI is InChI=1S/C22H23N3O2.ClH/c1-15-11-16(12-23)14-25(15)22(26)19-10-6-5-9-18(19)21-24-13-20(27-21)17-7-3-2-4-8-17;/h2-10,13,15-16H,11-12,14,23H2,1H3;1H. The van der Waals surface area contributed by atoms with E-state index in [0.29, 0.717) is 41.8 Å². The van der Waals surface area contributed by atoms with E-state index in [1.54, 1.807) is 6.20 Å². The van der Waals surface area contributed by atoms with Crippen molar-refractivity contribution in [2.45, 2.75) is 19.4 Å². The highest BCUT2D eigenvalue weighted by molar-refractivity contribution is 6.00. The monoisotopic (exact) mass is 397 g/mol. The Bertz CT molecular complexity index is 942. The minimum atomic E-state index is 0. The van der Waals surface area contributed by atoms with Crippen molar-refractivity contribution in [3.63, 3.8) is 0 Å². The molecule has 0 bridgehead atoms. The zero-order valence-electron chi connectivity index (χ0n) is 15.7. The summed E-state index contributed by atoms with van der Waals surface area (Å²) in [6, 6.07) is 17.5. The molecule has 0 spiro atoms. The number of carbonyl (C=O) groups is 1. The van der Waals surface area contributed by atoms with Crippen LogP contribution in [0.3, 0.4) is 0 Å². The molecular weight excluding hydrogens is 374 g/mol. The second-order valence-electron chi connectivity index (χ2n) is 7.09. The first kappa shape index (κ1) is 20.1. The number of hydrogen-bond acceptors (Lipinski definition) is 4. The van der Waals surface area contributed by atoms with Crippen molar-refractivity contribution in [3.8, 4) is 22.8 Å². The number of carbonyl (C=O) groups excluding carboxylic acids is 1. The van der Waals surface area contributed by atoms with Crippen LogP contribution in [-0.4, -0.2) is 34.9 Å². The first-order chi connectivity index (χ1) is 13.2. The first-order valence-corrected chi connectivity index (χ1v) is 9.29. The number of likely N-dealkylation sites (tertiary alicyclic amines) is 1. The largest absolute Gasteiger partial charge is 0.436 e. The summed E-state index contributed by atoms with van der Waals surface area (Å²) in [5, 5.41) is 0. The van der Waals surface area contributed by atoms with Crippen LogP contribution in [0.5, 0.6) is 0 Å². The average molecular weight is 398 g/mol. The van der Waals surface area contributed by atoms with Gasteiger partial charge in [-0.3, -0.25) is 4.79 Å². The molecular formula is C22H24ClN3O2. The number of oxazole rings is 1. The Kier molecular flexibility index (Phi) is 6.17. The van der Waals surface area contributed by atoms with Gasteiger partial charge in [0, 0.05) is 23.7 Å². The van der Waals surface area contributed by atoms with Gasteiger partial charge >= 0.3 is 0 Å². The summed E-state index contributed by atoms with van der Waals surface area (Å²) >= 11 is 0. The summed E-state index contributed by atoms with van der Waals surface area (Å²) in [6.07, 6.45) is 2.65. The zero-order valence-corrected chi connectivity index (χ0v) is 16.6. The third kappa shape index (κ3) is 3.81. The van der Waals surface area contributed by atoms with Gasteiger partial charge in [-0.15, -0.1) is 12.4 Å². The SMILES string of the molecule is CC1CC(CN)CN1C(=O)c1ccccc1-c1ncc(-c2ccccc2)o1.Cl. The van der Waals surface area contributed by atoms with Gasteiger partial charge in [-0.05, 0) is 37.9 Å². The number of aromatic nitrogens is 1. The maximum atomic E-state index is 13.2. The van der Waals surface area contributed by atoms with E-state index in [-0.39, 0.29) is 24.4 Å². The van der Waals surface area contributed by atoms with E-state index < -0.39 is 0 Å². The Balaban J connectivity index is 0.00000225. The molecule has 146 valence electrons. The van der Waals surface area contributed by atoms with Gasteiger partial charge in [-0.1, -0.05) is 42.5 Å². The quantitative estimate of drug-likeness (QED) is 0.714. The van der Waals surface area contributed by atoms with Crippen molar-refractivity contribution >= 4 is 18.3 Å². The molecule has 2 N–H and O–H groups in total. The number of nitrogens with zero attached hydrogens (tertiary/aromatic N) is 2. The fourth-order valence-corrected chi connectivity index (χ4v) is 3.74. The Labute approximate surface area is 171 Å². The van der Waals surface area contributed by atoms with Gasteiger partial charge in [-0.25, -0.2) is 4.98 Å². The van der Waals surface area contributed by atoms with Crippen LogP contribution in [0.1, 0.15) is 23.7 Å². The Morgan fingerprint density at radius 1 is 1.18 bits per heavy atom. The van der Waals surface area contributed by atoms with Crippen LogP contribution in [0.4, 0.5) is 0 Å². The predicted octanol–water partition coefficient (Wildman–Crippen LogP) is 4.24. The molecule has 1 aromatic heterocycles. The van der Waals surface area contributed by atoms with Crippen LogP contribution in [0.15, 0.2) is 65.2 Å². The highest BCUT2D eigenvalue weighted by atomic mass is 35.5. The van der Waals surface area contributed by atoms with E-state index in [2.05, 4.69) is 11.9 Å². The Morgan fingerprint density at radius 2 is 1.89 bits per heavy atom. The summed E-state index contributed by atoms with van der Waals surface area (Å²) in [7, 11) is 0. The second-order valence-corrected chi connectivity index (χ2v) is 7.09. The minimum absolute atomic E-state index is 0. The van der Waals surface area contributed by atoms with Gasteiger partial charge in [-0.2, -0.15) is 0 Å². The Hall–Kier alpha value is -2.63. The van der Waals surface area contributed by atoms with Crippen LogP contribution in [-0.2, 0) is 0 Å². The van der Waals surface area contributed by atoms with Gasteiger partial charge in [0.1, 0.15) is 0 Å². The van der Waals surface area contributed by atoms with Gasteiger partial charge in [0.15, 0.2) is 5.76 Å². The average Bonchev–Trinajstić information content (AvgIpc) is 3.35. The van der Waals surface area contributed by atoms with E-state index in [0.717, 1.165) is 12.0 Å². The molecule has 2 atom stereocenters. The summed E-state index contributed by atoms with van der Waals surface area (Å²) in [4.78, 5) is 19.5. The fraction of sp³-hybridized carbons (Fsp3) is 0.273. The summed E-state index contributed by atoms with van der Waals surface area (Å²) in [5.74, 6) is 1.52. The highest BCUT2D eigenvalue weighted by Gasteiger charge is 2.33. The zero-order chi connectivity index (χ0) is 18.8. The number of halogens is 1. The maximum Gasteiger partial charge on any atom is 0.254 e. The van der Waals surface area contributed by atoms with Crippen LogP contribution in [0.25, 0.3) is 22.8 Å². The van der Waals surface area contributed by atoms with E-state index in [9.17, 15) is 4.79 Å². The fourth-order valence-electron chi connectivity index (χ4n) is 3.74. The summed E-state index contributed by atoms with van der Waals surface area (Å²) < 4.78 is 5.98. The predicted molar refractivity (Wildman–Crippen MR) is 112 cm³/mol. The van der Waals surface area contributed by atoms with E-state index in [1.807, 2.05) is 59.5 Å². The van der Waals surface area contributed by atoms with Crippen molar-refractivity contribution in [1.82, 2.24) is 9.88 Å². The van der Waals surface area contributed by atoms with Gasteiger partial charge in [0.25, 0.3) is 5.91 Å². The molecule has 1 fully saturated rings. The van der Waals surface area contributed by atoms with Gasteiger partial charge in [0.05, 0.1) is 11.8 Å². The van der Waals surface area contributed by atoms with Crippen molar-refractivity contribution in [2.75, 3.05) is 13.1 Å². The van der Waals surface area contributed by atoms with Crippen LogP contribution in [0, 0.1) is 5.92 Å². The molecule has 1 aliphatic rings. The lowest BCUT2D eigenvalue weighted by atomic mass is 10.1. The molecule has 0 aliphatic carbocycles. The Morgan fingerprint density at radius 3 is 2.61 bits per heavy atom. The second kappa shape index (κ2) is 8.59. The summed E-state index contributed by atoms with van der Waals surface area (Å²) in [6.45, 7) is 3.39. The number of rotatable bonds is 4. The third-order valence-electron chi connectivity index (χ3n) is 5.21. The molecule has 1 aliphatic heterocycles. The van der Waals surface area contributed by atoms with Crippen LogP contribution in [0.2, 0.25) is 0 Å². The summed E-state index contributed by atoms with van der Waals surface area (Å²) in [5.41, 5.74) is 8.10. The van der Waals surface area contributed by atoms with E-state index >= 15 is 0 Å². The molecule has 1 amide bonds. The molecule has 5 nitrogen and oxygen atoms in total. The van der Waals surface area contributed by atoms with Crippen LogP contribution >= 0.6 is 12.4 Å². The van der Waals surface area contributed by atoms with Gasteiger partial charge in [0.2, 0.25) is 5.89 Å².